The van der Waals surface area contributed by atoms with Crippen LogP contribution in [0.15, 0.2) is 18.2 Å². The Morgan fingerprint density at radius 2 is 1.92 bits per heavy atom. The van der Waals surface area contributed by atoms with E-state index in [1.165, 1.54) is 19.0 Å². The SMILES string of the molecule is CN1CCCN(C[C@@H]2CN(Cc3ccc(F)c(Cl)c3)C[C@@H]2CO)CC1. The van der Waals surface area contributed by atoms with Crippen LogP contribution in [0.3, 0.4) is 0 Å². The smallest absolute Gasteiger partial charge is 0.141 e. The molecule has 2 saturated heterocycles. The predicted octanol–water partition coefficient (Wildman–Crippen LogP) is 2.16. The summed E-state index contributed by atoms with van der Waals surface area (Å²) >= 11 is 5.90. The van der Waals surface area contributed by atoms with Crippen molar-refractivity contribution in [2.24, 2.45) is 11.8 Å². The first-order chi connectivity index (χ1) is 12.0. The molecule has 6 heteroatoms. The van der Waals surface area contributed by atoms with E-state index in [0.29, 0.717) is 11.8 Å². The molecule has 2 fully saturated rings. The van der Waals surface area contributed by atoms with Gasteiger partial charge in [-0.05, 0) is 56.1 Å². The van der Waals surface area contributed by atoms with Gasteiger partial charge in [0.2, 0.25) is 0 Å². The number of aliphatic hydroxyl groups excluding tert-OH is 1. The lowest BCUT2D eigenvalue weighted by Crippen LogP contribution is -2.36. The minimum absolute atomic E-state index is 0.181. The molecule has 0 radical (unpaired) electrons. The summed E-state index contributed by atoms with van der Waals surface area (Å²) in [7, 11) is 2.19. The second-order valence-corrected chi connectivity index (χ2v) is 8.01. The van der Waals surface area contributed by atoms with Crippen molar-refractivity contribution in [2.45, 2.75) is 13.0 Å². The number of benzene rings is 1. The Hall–Kier alpha value is -0.720. The number of hydrogen-bond donors (Lipinski definition) is 1. The van der Waals surface area contributed by atoms with Gasteiger partial charge in [-0.1, -0.05) is 17.7 Å². The van der Waals surface area contributed by atoms with E-state index in [-0.39, 0.29) is 17.4 Å². The average Bonchev–Trinajstić information content (AvgIpc) is 2.84. The molecule has 0 amide bonds. The van der Waals surface area contributed by atoms with Crippen LogP contribution < -0.4 is 0 Å². The van der Waals surface area contributed by atoms with Gasteiger partial charge >= 0.3 is 0 Å². The van der Waals surface area contributed by atoms with E-state index < -0.39 is 0 Å². The van der Waals surface area contributed by atoms with E-state index in [1.54, 1.807) is 12.1 Å². The lowest BCUT2D eigenvalue weighted by atomic mass is 9.96. The maximum atomic E-state index is 13.3. The zero-order valence-electron chi connectivity index (χ0n) is 15.0. The van der Waals surface area contributed by atoms with Crippen molar-refractivity contribution in [1.29, 1.82) is 0 Å². The summed E-state index contributed by atoms with van der Waals surface area (Å²) in [6.45, 7) is 8.46. The molecule has 0 aliphatic carbocycles. The monoisotopic (exact) mass is 369 g/mol. The Morgan fingerprint density at radius 1 is 1.12 bits per heavy atom. The maximum absolute atomic E-state index is 13.3. The van der Waals surface area contributed by atoms with Crippen molar-refractivity contribution in [2.75, 3.05) is 59.5 Å². The first-order valence-corrected chi connectivity index (χ1v) is 9.61. The van der Waals surface area contributed by atoms with Crippen molar-refractivity contribution >= 4 is 11.6 Å². The Labute approximate surface area is 155 Å². The van der Waals surface area contributed by atoms with Crippen LogP contribution >= 0.6 is 11.6 Å². The summed E-state index contributed by atoms with van der Waals surface area (Å²) in [5, 5.41) is 9.98. The number of likely N-dealkylation sites (N-methyl/N-ethyl adjacent to an activating group) is 1. The minimum Gasteiger partial charge on any atom is -0.396 e. The van der Waals surface area contributed by atoms with Crippen LogP contribution in [0.5, 0.6) is 0 Å². The van der Waals surface area contributed by atoms with Gasteiger partial charge in [0.05, 0.1) is 5.02 Å². The van der Waals surface area contributed by atoms with E-state index in [2.05, 4.69) is 21.7 Å². The molecule has 2 heterocycles. The van der Waals surface area contributed by atoms with Gasteiger partial charge in [0.15, 0.2) is 0 Å². The second kappa shape index (κ2) is 8.78. The van der Waals surface area contributed by atoms with Crippen molar-refractivity contribution in [3.63, 3.8) is 0 Å². The normalized spacial score (nSPS) is 26.9. The van der Waals surface area contributed by atoms with E-state index in [9.17, 15) is 9.50 Å². The number of aliphatic hydroxyl groups is 1. The molecule has 25 heavy (non-hydrogen) atoms. The summed E-state index contributed by atoms with van der Waals surface area (Å²) < 4.78 is 13.3. The molecule has 2 aliphatic heterocycles. The average molecular weight is 370 g/mol. The number of nitrogens with zero attached hydrogens (tertiary/aromatic N) is 3. The van der Waals surface area contributed by atoms with Crippen LogP contribution in [-0.2, 0) is 6.54 Å². The third-order valence-electron chi connectivity index (χ3n) is 5.58. The van der Waals surface area contributed by atoms with Gasteiger partial charge in [-0.2, -0.15) is 0 Å². The molecule has 0 unspecified atom stereocenters. The molecule has 3 rings (SSSR count). The van der Waals surface area contributed by atoms with E-state index in [0.717, 1.165) is 51.4 Å². The van der Waals surface area contributed by atoms with Crippen molar-refractivity contribution in [1.82, 2.24) is 14.7 Å². The fourth-order valence-corrected chi connectivity index (χ4v) is 4.29. The zero-order valence-corrected chi connectivity index (χ0v) is 15.8. The lowest BCUT2D eigenvalue weighted by molar-refractivity contribution is 0.165. The number of rotatable bonds is 5. The summed E-state index contributed by atoms with van der Waals surface area (Å²) in [4.78, 5) is 7.30. The van der Waals surface area contributed by atoms with Crippen molar-refractivity contribution < 1.29 is 9.50 Å². The van der Waals surface area contributed by atoms with E-state index >= 15 is 0 Å². The predicted molar refractivity (Wildman–Crippen MR) is 99.3 cm³/mol. The zero-order chi connectivity index (χ0) is 17.8. The fourth-order valence-electron chi connectivity index (χ4n) is 4.09. The third kappa shape index (κ3) is 5.14. The fraction of sp³-hybridized carbons (Fsp3) is 0.684. The van der Waals surface area contributed by atoms with Crippen molar-refractivity contribution in [3.8, 4) is 0 Å². The number of halogens is 2. The van der Waals surface area contributed by atoms with E-state index in [1.807, 2.05) is 0 Å². The largest absolute Gasteiger partial charge is 0.396 e. The molecule has 0 spiro atoms. The third-order valence-corrected chi connectivity index (χ3v) is 5.87. The first kappa shape index (κ1) is 19.1. The molecule has 2 atom stereocenters. The quantitative estimate of drug-likeness (QED) is 0.861. The Morgan fingerprint density at radius 3 is 2.68 bits per heavy atom. The van der Waals surface area contributed by atoms with Crippen LogP contribution in [0.4, 0.5) is 4.39 Å². The summed E-state index contributed by atoms with van der Waals surface area (Å²) in [5.41, 5.74) is 1.03. The highest BCUT2D eigenvalue weighted by atomic mass is 35.5. The van der Waals surface area contributed by atoms with Gasteiger partial charge in [-0.25, -0.2) is 4.39 Å². The molecule has 1 aromatic carbocycles. The van der Waals surface area contributed by atoms with Gasteiger partial charge in [-0.3, -0.25) is 4.90 Å². The van der Waals surface area contributed by atoms with Crippen LogP contribution in [-0.4, -0.2) is 79.3 Å². The molecule has 1 aromatic rings. The molecule has 0 aromatic heterocycles. The van der Waals surface area contributed by atoms with Crippen molar-refractivity contribution in [3.05, 3.63) is 34.6 Å². The second-order valence-electron chi connectivity index (χ2n) is 7.60. The maximum Gasteiger partial charge on any atom is 0.141 e. The highest BCUT2D eigenvalue weighted by molar-refractivity contribution is 6.30. The van der Waals surface area contributed by atoms with Gasteiger partial charge in [0.25, 0.3) is 0 Å². The highest BCUT2D eigenvalue weighted by Gasteiger charge is 2.33. The Balaban J connectivity index is 1.57. The van der Waals surface area contributed by atoms with Gasteiger partial charge in [0.1, 0.15) is 5.82 Å². The molecule has 4 nitrogen and oxygen atoms in total. The minimum atomic E-state index is -0.371. The topological polar surface area (TPSA) is 30.0 Å². The Bertz CT molecular complexity index is 574. The molecule has 140 valence electrons. The van der Waals surface area contributed by atoms with Gasteiger partial charge < -0.3 is 14.9 Å². The molecule has 0 saturated carbocycles. The first-order valence-electron chi connectivity index (χ1n) is 9.23. The highest BCUT2D eigenvalue weighted by Crippen LogP contribution is 2.27. The molecular formula is C19H29ClFN3O. The summed E-state index contributed by atoms with van der Waals surface area (Å²) in [6.07, 6.45) is 1.21. The molecule has 2 aliphatic rings. The van der Waals surface area contributed by atoms with Gasteiger partial charge in [0, 0.05) is 45.9 Å². The Kier molecular flexibility index (Phi) is 6.69. The van der Waals surface area contributed by atoms with Crippen LogP contribution in [0.1, 0.15) is 12.0 Å². The number of likely N-dealkylation sites (tertiary alicyclic amines) is 1. The van der Waals surface area contributed by atoms with E-state index in [4.69, 9.17) is 11.6 Å². The molecular weight excluding hydrogens is 341 g/mol. The molecule has 0 bridgehead atoms. The van der Waals surface area contributed by atoms with Crippen LogP contribution in [0, 0.1) is 17.7 Å². The standard InChI is InChI=1S/C19H29ClFN3O/c1-22-5-2-6-23(8-7-22)11-16-12-24(13-17(16)14-25)10-15-3-4-19(21)18(20)9-15/h3-4,9,16-17,25H,2,5-8,10-14H2,1H3/t16-,17-/m1/s1. The summed E-state index contributed by atoms with van der Waals surface area (Å²) in [6, 6.07) is 4.94. The van der Waals surface area contributed by atoms with Crippen LogP contribution in [0.25, 0.3) is 0 Å². The summed E-state index contributed by atoms with van der Waals surface area (Å²) in [5.74, 6) is 0.435. The molecule has 1 N–H and O–H groups in total. The van der Waals surface area contributed by atoms with Gasteiger partial charge in [-0.15, -0.1) is 0 Å². The van der Waals surface area contributed by atoms with Crippen LogP contribution in [0.2, 0.25) is 5.02 Å². The lowest BCUT2D eigenvalue weighted by Gasteiger charge is -2.26. The number of hydrogen-bond acceptors (Lipinski definition) is 4.